The molecule has 0 saturated heterocycles. The fourth-order valence-corrected chi connectivity index (χ4v) is 3.98. The lowest BCUT2D eigenvalue weighted by molar-refractivity contribution is -0.118. The van der Waals surface area contributed by atoms with E-state index in [0.717, 1.165) is 27.9 Å². The van der Waals surface area contributed by atoms with E-state index in [9.17, 15) is 4.79 Å². The number of benzene rings is 2. The summed E-state index contributed by atoms with van der Waals surface area (Å²) in [6.45, 7) is 0.356. The van der Waals surface area contributed by atoms with Crippen LogP contribution in [0.4, 0.5) is 0 Å². The molecule has 8 heteroatoms. The number of nitrogens with zero attached hydrogens (tertiary/aromatic N) is 4. The zero-order chi connectivity index (χ0) is 20.3. The van der Waals surface area contributed by atoms with Crippen molar-refractivity contribution in [1.82, 2.24) is 24.9 Å². The van der Waals surface area contributed by atoms with Crippen molar-refractivity contribution >= 4 is 34.2 Å². The summed E-state index contributed by atoms with van der Waals surface area (Å²) in [6, 6.07) is 21.4. The molecule has 0 fully saturated rings. The summed E-state index contributed by atoms with van der Waals surface area (Å²) in [6.07, 6.45) is 1.58. The lowest BCUT2D eigenvalue weighted by atomic mass is 10.2. The van der Waals surface area contributed by atoms with Crippen LogP contribution in [0.5, 0.6) is 0 Å². The van der Waals surface area contributed by atoms with Crippen LogP contribution in [0.1, 0.15) is 5.76 Å². The SMILES string of the molecule is O=C(CSc1nnc2c3ccccc3nc(-c3ccccc3)n12)NCc1ccco1. The average molecular weight is 415 g/mol. The Balaban J connectivity index is 1.48. The van der Waals surface area contributed by atoms with Crippen molar-refractivity contribution in [2.75, 3.05) is 5.75 Å². The van der Waals surface area contributed by atoms with Crippen molar-refractivity contribution < 1.29 is 9.21 Å². The highest BCUT2D eigenvalue weighted by molar-refractivity contribution is 7.99. The molecule has 0 bridgehead atoms. The number of amides is 1. The molecule has 0 unspecified atom stereocenters. The van der Waals surface area contributed by atoms with Crippen LogP contribution < -0.4 is 5.32 Å². The number of hydrogen-bond acceptors (Lipinski definition) is 6. The number of aromatic nitrogens is 4. The number of carbonyl (C=O) groups excluding carboxylic acids is 1. The predicted molar refractivity (Wildman–Crippen MR) is 115 cm³/mol. The van der Waals surface area contributed by atoms with Crippen LogP contribution in [0.3, 0.4) is 0 Å². The molecule has 0 saturated carbocycles. The Kier molecular flexibility index (Phi) is 4.90. The average Bonchev–Trinajstić information content (AvgIpc) is 3.46. The Hall–Kier alpha value is -3.65. The minimum atomic E-state index is -0.108. The number of thioether (sulfide) groups is 1. The van der Waals surface area contributed by atoms with Gasteiger partial charge in [0, 0.05) is 10.9 Å². The summed E-state index contributed by atoms with van der Waals surface area (Å²) in [5.74, 6) is 1.56. The van der Waals surface area contributed by atoms with E-state index in [1.807, 2.05) is 65.1 Å². The molecule has 1 amide bonds. The Bertz CT molecular complexity index is 1320. The summed E-state index contributed by atoms with van der Waals surface area (Å²) in [4.78, 5) is 17.2. The topological polar surface area (TPSA) is 85.3 Å². The molecule has 5 rings (SSSR count). The lowest BCUT2D eigenvalue weighted by Gasteiger charge is -2.09. The summed E-state index contributed by atoms with van der Waals surface area (Å²) in [5.41, 5.74) is 2.53. The first kappa shape index (κ1) is 18.4. The smallest absolute Gasteiger partial charge is 0.230 e. The minimum Gasteiger partial charge on any atom is -0.467 e. The molecule has 3 aromatic heterocycles. The second kappa shape index (κ2) is 8.00. The van der Waals surface area contributed by atoms with Crippen molar-refractivity contribution in [3.8, 4) is 11.4 Å². The van der Waals surface area contributed by atoms with Crippen LogP contribution in [-0.2, 0) is 11.3 Å². The van der Waals surface area contributed by atoms with Gasteiger partial charge < -0.3 is 9.73 Å². The molecular formula is C22H17N5O2S. The molecule has 30 heavy (non-hydrogen) atoms. The quantitative estimate of drug-likeness (QED) is 0.423. The van der Waals surface area contributed by atoms with Gasteiger partial charge in [-0.3, -0.25) is 9.20 Å². The van der Waals surface area contributed by atoms with Crippen LogP contribution in [0.15, 0.2) is 82.6 Å². The zero-order valence-electron chi connectivity index (χ0n) is 15.9. The highest BCUT2D eigenvalue weighted by Crippen LogP contribution is 2.28. The normalized spacial score (nSPS) is 11.2. The van der Waals surface area contributed by atoms with Crippen molar-refractivity contribution in [3.05, 3.63) is 78.8 Å². The number of para-hydroxylation sites is 1. The summed E-state index contributed by atoms with van der Waals surface area (Å²) >= 11 is 1.33. The number of fused-ring (bicyclic) bond motifs is 3. The van der Waals surface area contributed by atoms with Crippen molar-refractivity contribution in [3.63, 3.8) is 0 Å². The molecule has 3 heterocycles. The van der Waals surface area contributed by atoms with Gasteiger partial charge in [0.25, 0.3) is 0 Å². The molecule has 0 spiro atoms. The standard InChI is InChI=1S/C22H17N5O2S/c28-19(23-13-16-9-6-12-29-16)14-30-22-26-25-21-17-10-4-5-11-18(17)24-20(27(21)22)15-7-2-1-3-8-15/h1-12H,13-14H2,(H,23,28). The molecule has 5 aromatic rings. The number of rotatable bonds is 6. The number of hydrogen-bond donors (Lipinski definition) is 1. The van der Waals surface area contributed by atoms with Gasteiger partial charge in [0.1, 0.15) is 11.6 Å². The van der Waals surface area contributed by atoms with E-state index in [1.54, 1.807) is 12.3 Å². The third-order valence-corrected chi connectivity index (χ3v) is 5.55. The van der Waals surface area contributed by atoms with Crippen molar-refractivity contribution in [2.45, 2.75) is 11.7 Å². The molecule has 0 radical (unpaired) electrons. The summed E-state index contributed by atoms with van der Waals surface area (Å²) in [7, 11) is 0. The van der Waals surface area contributed by atoms with Gasteiger partial charge in [0.15, 0.2) is 10.8 Å². The Morgan fingerprint density at radius 3 is 2.67 bits per heavy atom. The second-order valence-electron chi connectivity index (χ2n) is 6.60. The lowest BCUT2D eigenvalue weighted by Crippen LogP contribution is -2.24. The fraction of sp³-hybridized carbons (Fsp3) is 0.0909. The highest BCUT2D eigenvalue weighted by Gasteiger charge is 2.17. The second-order valence-corrected chi connectivity index (χ2v) is 7.55. The van der Waals surface area contributed by atoms with Crippen LogP contribution >= 0.6 is 11.8 Å². The van der Waals surface area contributed by atoms with Crippen LogP contribution in [0.2, 0.25) is 0 Å². The molecule has 0 atom stereocenters. The highest BCUT2D eigenvalue weighted by atomic mass is 32.2. The Morgan fingerprint density at radius 2 is 1.83 bits per heavy atom. The van der Waals surface area contributed by atoms with Crippen molar-refractivity contribution in [2.24, 2.45) is 0 Å². The molecule has 0 aliphatic rings. The van der Waals surface area contributed by atoms with Gasteiger partial charge in [-0.15, -0.1) is 10.2 Å². The Labute approximate surface area is 176 Å². The zero-order valence-corrected chi connectivity index (χ0v) is 16.7. The number of nitrogens with one attached hydrogen (secondary N) is 1. The van der Waals surface area contributed by atoms with E-state index in [2.05, 4.69) is 15.5 Å². The fourth-order valence-electron chi connectivity index (χ4n) is 3.21. The molecular weight excluding hydrogens is 398 g/mol. The molecule has 2 aromatic carbocycles. The van der Waals surface area contributed by atoms with Gasteiger partial charge in [-0.25, -0.2) is 4.98 Å². The van der Waals surface area contributed by atoms with E-state index in [1.165, 1.54) is 11.8 Å². The van der Waals surface area contributed by atoms with Crippen LogP contribution in [-0.4, -0.2) is 31.2 Å². The van der Waals surface area contributed by atoms with E-state index in [4.69, 9.17) is 9.40 Å². The summed E-state index contributed by atoms with van der Waals surface area (Å²) in [5, 5.41) is 13.1. The summed E-state index contributed by atoms with van der Waals surface area (Å²) < 4.78 is 7.16. The van der Waals surface area contributed by atoms with E-state index >= 15 is 0 Å². The molecule has 0 aliphatic heterocycles. The molecule has 7 nitrogen and oxygen atoms in total. The largest absolute Gasteiger partial charge is 0.467 e. The van der Waals surface area contributed by atoms with E-state index < -0.39 is 0 Å². The first-order chi connectivity index (χ1) is 14.8. The van der Waals surface area contributed by atoms with Gasteiger partial charge in [0.05, 0.1) is 24.1 Å². The maximum atomic E-state index is 12.3. The Morgan fingerprint density at radius 1 is 1.00 bits per heavy atom. The molecule has 1 N–H and O–H groups in total. The van der Waals surface area contributed by atoms with Crippen molar-refractivity contribution in [1.29, 1.82) is 0 Å². The monoisotopic (exact) mass is 415 g/mol. The maximum absolute atomic E-state index is 12.3. The van der Waals surface area contributed by atoms with Gasteiger partial charge in [-0.05, 0) is 24.3 Å². The first-order valence-electron chi connectivity index (χ1n) is 9.41. The van der Waals surface area contributed by atoms with Gasteiger partial charge in [-0.2, -0.15) is 0 Å². The van der Waals surface area contributed by atoms with E-state index in [-0.39, 0.29) is 11.7 Å². The molecule has 0 aliphatic carbocycles. The molecule has 148 valence electrons. The third-order valence-electron chi connectivity index (χ3n) is 4.62. The first-order valence-corrected chi connectivity index (χ1v) is 10.4. The predicted octanol–water partition coefficient (Wildman–Crippen LogP) is 3.95. The minimum absolute atomic E-state index is 0.108. The number of furan rings is 1. The number of carbonyl (C=O) groups is 1. The third kappa shape index (κ3) is 3.53. The van der Waals surface area contributed by atoms with Crippen LogP contribution in [0, 0.1) is 0 Å². The van der Waals surface area contributed by atoms with Crippen LogP contribution in [0.25, 0.3) is 27.9 Å². The van der Waals surface area contributed by atoms with E-state index in [0.29, 0.717) is 17.5 Å². The van der Waals surface area contributed by atoms with Gasteiger partial charge in [-0.1, -0.05) is 54.2 Å². The van der Waals surface area contributed by atoms with Gasteiger partial charge in [0.2, 0.25) is 5.91 Å². The van der Waals surface area contributed by atoms with Gasteiger partial charge >= 0.3 is 0 Å². The maximum Gasteiger partial charge on any atom is 0.230 e.